The first-order valence-corrected chi connectivity index (χ1v) is 9.36. The summed E-state index contributed by atoms with van der Waals surface area (Å²) in [5, 5.41) is 4.18. The Hall–Kier alpha value is -3.10. The molecule has 2 aliphatic rings. The minimum atomic E-state index is -0.606. The second-order valence-electron chi connectivity index (χ2n) is 7.00. The minimum Gasteiger partial charge on any atom is -0.497 e. The molecule has 29 heavy (non-hydrogen) atoms. The number of anilines is 1. The number of amides is 1. The summed E-state index contributed by atoms with van der Waals surface area (Å²) in [6.45, 7) is 1.06. The normalized spacial score (nSPS) is 18.1. The second-order valence-corrected chi connectivity index (χ2v) is 7.00. The zero-order valence-corrected chi connectivity index (χ0v) is 16.0. The predicted octanol–water partition coefficient (Wildman–Crippen LogP) is 3.71. The van der Waals surface area contributed by atoms with Crippen molar-refractivity contribution in [2.75, 3.05) is 25.5 Å². The van der Waals surface area contributed by atoms with Crippen molar-refractivity contribution in [3.63, 3.8) is 0 Å². The van der Waals surface area contributed by atoms with Crippen LogP contribution < -0.4 is 15.5 Å². The van der Waals surface area contributed by atoms with Crippen LogP contribution in [-0.4, -0.2) is 37.0 Å². The molecule has 1 saturated heterocycles. The first-order valence-electron chi connectivity index (χ1n) is 9.36. The molecule has 2 N–H and O–H groups in total. The summed E-state index contributed by atoms with van der Waals surface area (Å²) in [5.41, 5.74) is 4.93. The van der Waals surface area contributed by atoms with Crippen LogP contribution in [0.25, 0.3) is 5.70 Å². The third-order valence-electron chi connectivity index (χ3n) is 5.02. The van der Waals surface area contributed by atoms with Crippen LogP contribution in [0, 0.1) is 5.82 Å². The van der Waals surface area contributed by atoms with Gasteiger partial charge in [-0.25, -0.2) is 9.18 Å². The Balaban J connectivity index is 1.32. The van der Waals surface area contributed by atoms with Gasteiger partial charge in [0.05, 0.1) is 12.8 Å². The monoisotopic (exact) mass is 399 g/mol. The maximum atomic E-state index is 12.9. The summed E-state index contributed by atoms with van der Waals surface area (Å²) < 4.78 is 18.2. The molecule has 2 aromatic rings. The van der Waals surface area contributed by atoms with Gasteiger partial charge >= 0.3 is 6.09 Å². The van der Waals surface area contributed by atoms with Crippen LogP contribution in [0.1, 0.15) is 18.4 Å². The Morgan fingerprint density at radius 1 is 1.21 bits per heavy atom. The molecule has 2 heterocycles. The SMILES string of the molecule is COc1cccc(C2=CC3(CCN(OC(=O)Nc4ccc(F)cc4)CC3)ON2)c1. The van der Waals surface area contributed by atoms with Crippen LogP contribution in [0.15, 0.2) is 54.6 Å². The lowest BCUT2D eigenvalue weighted by molar-refractivity contribution is -0.153. The van der Waals surface area contributed by atoms with E-state index >= 15 is 0 Å². The fraction of sp³-hybridized carbons (Fsp3) is 0.286. The topological polar surface area (TPSA) is 72.1 Å². The number of rotatable bonds is 4. The number of hydrogen-bond acceptors (Lipinski definition) is 6. The van der Waals surface area contributed by atoms with E-state index in [1.807, 2.05) is 24.3 Å². The molecule has 1 fully saturated rings. The molecule has 0 aliphatic carbocycles. The summed E-state index contributed by atoms with van der Waals surface area (Å²) in [6, 6.07) is 13.3. The Morgan fingerprint density at radius 3 is 2.69 bits per heavy atom. The molecule has 4 rings (SSSR count). The standard InChI is InChI=1S/C21H22FN3O4/c1-27-18-4-2-3-15(13-18)19-14-21(29-24-19)9-11-25(12-10-21)28-20(26)23-17-7-5-16(22)6-8-17/h2-8,13-14,24H,9-12H2,1H3,(H,23,26). The van der Waals surface area contributed by atoms with Crippen LogP contribution in [-0.2, 0) is 9.68 Å². The van der Waals surface area contributed by atoms with Crippen molar-refractivity contribution < 1.29 is 23.6 Å². The largest absolute Gasteiger partial charge is 0.497 e. The molecule has 1 amide bonds. The lowest BCUT2D eigenvalue weighted by atomic mass is 9.91. The van der Waals surface area contributed by atoms with Crippen LogP contribution in [0.5, 0.6) is 5.75 Å². The van der Waals surface area contributed by atoms with Gasteiger partial charge in [-0.2, -0.15) is 0 Å². The van der Waals surface area contributed by atoms with Gasteiger partial charge in [0.1, 0.15) is 17.2 Å². The number of ether oxygens (including phenoxy) is 1. The number of carbonyl (C=O) groups excluding carboxylic acids is 1. The Bertz CT molecular complexity index is 908. The summed E-state index contributed by atoms with van der Waals surface area (Å²) in [6.07, 6.45) is 2.80. The fourth-order valence-electron chi connectivity index (χ4n) is 3.40. The zero-order chi connectivity index (χ0) is 20.3. The van der Waals surface area contributed by atoms with E-state index in [-0.39, 0.29) is 5.82 Å². The van der Waals surface area contributed by atoms with Crippen LogP contribution in [0.2, 0.25) is 0 Å². The second kappa shape index (κ2) is 8.10. The third-order valence-corrected chi connectivity index (χ3v) is 5.02. The summed E-state index contributed by atoms with van der Waals surface area (Å²) >= 11 is 0. The molecule has 2 aromatic carbocycles. The van der Waals surface area contributed by atoms with E-state index in [4.69, 9.17) is 14.4 Å². The van der Waals surface area contributed by atoms with Crippen LogP contribution >= 0.6 is 0 Å². The number of hydroxylamine groups is 3. The van der Waals surface area contributed by atoms with Gasteiger partial charge < -0.3 is 9.57 Å². The Kier molecular flexibility index (Phi) is 5.37. The number of methoxy groups -OCH3 is 1. The Morgan fingerprint density at radius 2 is 1.97 bits per heavy atom. The van der Waals surface area contributed by atoms with Crippen LogP contribution in [0.3, 0.4) is 0 Å². The summed E-state index contributed by atoms with van der Waals surface area (Å²) in [4.78, 5) is 23.3. The fourth-order valence-corrected chi connectivity index (χ4v) is 3.40. The molecule has 7 nitrogen and oxygen atoms in total. The number of hydrogen-bond donors (Lipinski definition) is 2. The summed E-state index contributed by atoms with van der Waals surface area (Å²) in [5.74, 6) is 0.415. The van der Waals surface area contributed by atoms with Crippen molar-refractivity contribution in [1.29, 1.82) is 0 Å². The van der Waals surface area contributed by atoms with Crippen molar-refractivity contribution in [3.05, 3.63) is 66.0 Å². The van der Waals surface area contributed by atoms with Crippen molar-refractivity contribution in [2.24, 2.45) is 0 Å². The average molecular weight is 399 g/mol. The highest BCUT2D eigenvalue weighted by Gasteiger charge is 2.39. The maximum Gasteiger partial charge on any atom is 0.430 e. The number of nitrogens with zero attached hydrogens (tertiary/aromatic N) is 1. The molecular formula is C21H22FN3O4. The van der Waals surface area contributed by atoms with Gasteiger partial charge in [0.15, 0.2) is 0 Å². The Labute approximate surface area is 168 Å². The maximum absolute atomic E-state index is 12.9. The lowest BCUT2D eigenvalue weighted by Crippen LogP contribution is -2.45. The first kappa shape index (κ1) is 19.2. The van der Waals surface area contributed by atoms with Gasteiger partial charge in [0.2, 0.25) is 0 Å². The van der Waals surface area contributed by atoms with E-state index < -0.39 is 11.7 Å². The molecule has 0 radical (unpaired) electrons. The number of piperidine rings is 1. The molecule has 0 saturated carbocycles. The zero-order valence-electron chi connectivity index (χ0n) is 16.0. The van der Waals surface area contributed by atoms with Gasteiger partial charge in [-0.1, -0.05) is 12.1 Å². The number of carbonyl (C=O) groups is 1. The van der Waals surface area contributed by atoms with E-state index in [9.17, 15) is 9.18 Å². The average Bonchev–Trinajstić information content (AvgIpc) is 3.15. The van der Waals surface area contributed by atoms with E-state index in [1.54, 1.807) is 12.2 Å². The van der Waals surface area contributed by atoms with Crippen molar-refractivity contribution in [3.8, 4) is 5.75 Å². The number of nitrogens with one attached hydrogen (secondary N) is 2. The van der Waals surface area contributed by atoms with E-state index in [0.717, 1.165) is 17.0 Å². The molecule has 0 unspecified atom stereocenters. The van der Waals surface area contributed by atoms with Gasteiger partial charge in [0.25, 0.3) is 0 Å². The molecule has 152 valence electrons. The van der Waals surface area contributed by atoms with Gasteiger partial charge in [-0.3, -0.25) is 15.6 Å². The van der Waals surface area contributed by atoms with Gasteiger partial charge in [0, 0.05) is 24.3 Å². The molecule has 0 atom stereocenters. The molecular weight excluding hydrogens is 377 g/mol. The molecule has 0 bridgehead atoms. The molecule has 0 aromatic heterocycles. The van der Waals surface area contributed by atoms with E-state index in [1.165, 1.54) is 24.3 Å². The van der Waals surface area contributed by atoms with E-state index in [0.29, 0.717) is 31.6 Å². The van der Waals surface area contributed by atoms with Crippen molar-refractivity contribution in [1.82, 2.24) is 10.5 Å². The molecule has 2 aliphatic heterocycles. The molecule has 8 heteroatoms. The molecule has 1 spiro atoms. The number of benzene rings is 2. The van der Waals surface area contributed by atoms with Crippen molar-refractivity contribution >= 4 is 17.5 Å². The first-order chi connectivity index (χ1) is 14.0. The highest BCUT2D eigenvalue weighted by molar-refractivity contribution is 5.84. The van der Waals surface area contributed by atoms with Gasteiger partial charge in [-0.05, 0) is 55.3 Å². The van der Waals surface area contributed by atoms with Crippen molar-refractivity contribution in [2.45, 2.75) is 18.4 Å². The van der Waals surface area contributed by atoms with Crippen LogP contribution in [0.4, 0.5) is 14.9 Å². The third kappa shape index (κ3) is 4.49. The quantitative estimate of drug-likeness (QED) is 0.817. The van der Waals surface area contributed by atoms with E-state index in [2.05, 4.69) is 16.9 Å². The highest BCUT2D eigenvalue weighted by Crippen LogP contribution is 2.35. The van der Waals surface area contributed by atoms with Gasteiger partial charge in [-0.15, -0.1) is 5.06 Å². The smallest absolute Gasteiger partial charge is 0.430 e. The minimum absolute atomic E-state index is 0.364. The summed E-state index contributed by atoms with van der Waals surface area (Å²) in [7, 11) is 1.63. The highest BCUT2D eigenvalue weighted by atomic mass is 19.1. The lowest BCUT2D eigenvalue weighted by Gasteiger charge is -2.35. The number of halogens is 1. The predicted molar refractivity (Wildman–Crippen MR) is 105 cm³/mol.